The van der Waals surface area contributed by atoms with Gasteiger partial charge in [-0.05, 0) is 58.0 Å². The molecule has 0 radical (unpaired) electrons. The van der Waals surface area contributed by atoms with Gasteiger partial charge in [-0.3, -0.25) is 9.59 Å². The van der Waals surface area contributed by atoms with E-state index in [0.29, 0.717) is 41.3 Å². The van der Waals surface area contributed by atoms with Gasteiger partial charge < -0.3 is 19.4 Å². The number of nitrogens with zero attached hydrogens (tertiary/aromatic N) is 2. The van der Waals surface area contributed by atoms with Crippen molar-refractivity contribution in [2.45, 2.75) is 40.3 Å². The highest BCUT2D eigenvalue weighted by Gasteiger charge is 2.21. The molecule has 0 fully saturated rings. The number of benzene rings is 2. The lowest BCUT2D eigenvalue weighted by molar-refractivity contribution is -0.123. The van der Waals surface area contributed by atoms with E-state index in [-0.39, 0.29) is 11.1 Å². The van der Waals surface area contributed by atoms with Gasteiger partial charge in [0.15, 0.2) is 6.10 Å². The highest BCUT2D eigenvalue weighted by molar-refractivity contribution is 5.99. The molecule has 2 aromatic carbocycles. The summed E-state index contributed by atoms with van der Waals surface area (Å²) < 4.78 is 12.4. The Kier molecular flexibility index (Phi) is 6.69. The number of para-hydroxylation sites is 2. The van der Waals surface area contributed by atoms with Gasteiger partial charge >= 0.3 is 5.97 Å². The number of ether oxygens (including phenoxy) is 2. The second-order valence-electron chi connectivity index (χ2n) is 6.92. The zero-order valence-electron chi connectivity index (χ0n) is 18.0. The number of anilines is 1. The molecule has 0 spiro atoms. The first-order valence-electron chi connectivity index (χ1n) is 10.1. The van der Waals surface area contributed by atoms with Crippen LogP contribution in [-0.2, 0) is 16.1 Å². The fourth-order valence-electron chi connectivity index (χ4n) is 3.18. The molecule has 8 heteroatoms. The Morgan fingerprint density at radius 1 is 1.16 bits per heavy atom. The van der Waals surface area contributed by atoms with Crippen LogP contribution >= 0.6 is 0 Å². The first kappa shape index (κ1) is 22.0. The zero-order chi connectivity index (χ0) is 22.5. The van der Waals surface area contributed by atoms with Crippen molar-refractivity contribution >= 4 is 28.6 Å². The van der Waals surface area contributed by atoms with Gasteiger partial charge in [-0.15, -0.1) is 0 Å². The second-order valence-corrected chi connectivity index (χ2v) is 6.92. The summed E-state index contributed by atoms with van der Waals surface area (Å²) in [5.41, 5.74) is 2.07. The van der Waals surface area contributed by atoms with Crippen LogP contribution in [0, 0.1) is 6.92 Å². The van der Waals surface area contributed by atoms with Crippen molar-refractivity contribution in [3.63, 3.8) is 0 Å². The lowest BCUT2D eigenvalue weighted by Gasteiger charge is -2.16. The third-order valence-corrected chi connectivity index (χ3v) is 4.76. The largest absolute Gasteiger partial charge is 0.492 e. The van der Waals surface area contributed by atoms with Crippen molar-refractivity contribution in [3.05, 3.63) is 64.1 Å². The summed E-state index contributed by atoms with van der Waals surface area (Å²) in [4.78, 5) is 41.6. The van der Waals surface area contributed by atoms with Crippen molar-refractivity contribution in [2.75, 3.05) is 11.9 Å². The van der Waals surface area contributed by atoms with Crippen LogP contribution in [0.2, 0.25) is 0 Å². The molecule has 0 aliphatic rings. The number of nitrogens with one attached hydrogen (secondary N) is 1. The van der Waals surface area contributed by atoms with Gasteiger partial charge in [0.2, 0.25) is 0 Å². The first-order chi connectivity index (χ1) is 14.8. The van der Waals surface area contributed by atoms with E-state index in [1.807, 2.05) is 13.8 Å². The normalized spacial score (nSPS) is 11.7. The van der Waals surface area contributed by atoms with Crippen LogP contribution in [0.3, 0.4) is 0 Å². The number of rotatable bonds is 7. The molecule has 1 aromatic heterocycles. The van der Waals surface area contributed by atoms with Crippen LogP contribution in [0.1, 0.15) is 36.8 Å². The average molecular weight is 423 g/mol. The smallest absolute Gasteiger partial charge is 0.338 e. The van der Waals surface area contributed by atoms with Gasteiger partial charge in [-0.2, -0.15) is 0 Å². The van der Waals surface area contributed by atoms with Crippen LogP contribution in [0.4, 0.5) is 5.69 Å². The summed E-state index contributed by atoms with van der Waals surface area (Å²) >= 11 is 0. The number of aryl methyl sites for hydroxylation is 2. The molecule has 1 N–H and O–H groups in total. The number of aromatic nitrogens is 2. The van der Waals surface area contributed by atoms with Gasteiger partial charge in [0.05, 0.1) is 28.9 Å². The molecule has 3 aromatic rings. The molecular weight excluding hydrogens is 398 g/mol. The summed E-state index contributed by atoms with van der Waals surface area (Å²) in [6.45, 7) is 7.79. The Balaban J connectivity index is 1.76. The Morgan fingerprint density at radius 2 is 1.90 bits per heavy atom. The monoisotopic (exact) mass is 423 g/mol. The molecule has 1 atom stereocenters. The van der Waals surface area contributed by atoms with Crippen LogP contribution in [0.5, 0.6) is 5.75 Å². The van der Waals surface area contributed by atoms with Crippen molar-refractivity contribution in [3.8, 4) is 5.75 Å². The highest BCUT2D eigenvalue weighted by atomic mass is 16.5. The molecule has 0 bridgehead atoms. The van der Waals surface area contributed by atoms with Crippen LogP contribution < -0.4 is 15.6 Å². The Morgan fingerprint density at radius 3 is 2.61 bits per heavy atom. The zero-order valence-corrected chi connectivity index (χ0v) is 18.0. The van der Waals surface area contributed by atoms with Crippen molar-refractivity contribution in [1.82, 2.24) is 9.55 Å². The second kappa shape index (κ2) is 9.42. The number of hydrogen-bond donors (Lipinski definition) is 1. The van der Waals surface area contributed by atoms with Gasteiger partial charge in [0.1, 0.15) is 11.4 Å². The quantitative estimate of drug-likeness (QED) is 0.586. The molecule has 162 valence electrons. The molecule has 0 saturated carbocycles. The van der Waals surface area contributed by atoms with Gasteiger partial charge in [-0.25, -0.2) is 9.78 Å². The maximum Gasteiger partial charge on any atom is 0.338 e. The summed E-state index contributed by atoms with van der Waals surface area (Å²) in [6.07, 6.45) is -1.03. The van der Waals surface area contributed by atoms with E-state index >= 15 is 0 Å². The standard InChI is InChI=1S/C23H25N3O5/c1-5-26-19-12-11-16(13-18(19)24-14(3)22(26)28)23(29)31-15(4)21(27)25-17-9-7-8-10-20(17)30-6-2/h7-13,15H,5-6H2,1-4H3,(H,25,27)/t15-/m1/s1. The summed E-state index contributed by atoms with van der Waals surface area (Å²) in [6, 6.07) is 11.8. The van der Waals surface area contributed by atoms with E-state index in [1.165, 1.54) is 6.92 Å². The highest BCUT2D eigenvalue weighted by Crippen LogP contribution is 2.24. The lowest BCUT2D eigenvalue weighted by atomic mass is 10.2. The number of amides is 1. The minimum Gasteiger partial charge on any atom is -0.492 e. The van der Waals surface area contributed by atoms with E-state index < -0.39 is 18.0 Å². The Bertz CT molecular complexity index is 1190. The van der Waals surface area contributed by atoms with Gasteiger partial charge in [0, 0.05) is 6.54 Å². The van der Waals surface area contributed by atoms with E-state index in [4.69, 9.17) is 9.47 Å². The average Bonchev–Trinajstić information content (AvgIpc) is 2.75. The summed E-state index contributed by atoms with van der Waals surface area (Å²) in [5, 5.41) is 2.72. The molecule has 0 aliphatic carbocycles. The van der Waals surface area contributed by atoms with Crippen LogP contribution in [0.15, 0.2) is 47.3 Å². The lowest BCUT2D eigenvalue weighted by Crippen LogP contribution is -2.30. The topological polar surface area (TPSA) is 99.5 Å². The van der Waals surface area contributed by atoms with E-state index in [1.54, 1.807) is 54.0 Å². The van der Waals surface area contributed by atoms with Crippen molar-refractivity contribution < 1.29 is 19.1 Å². The minimum absolute atomic E-state index is 0.164. The number of fused-ring (bicyclic) bond motifs is 1. The Hall–Kier alpha value is -3.68. The number of esters is 1. The molecular formula is C23H25N3O5. The molecule has 0 unspecified atom stereocenters. The molecule has 3 rings (SSSR count). The number of carbonyl (C=O) groups excluding carboxylic acids is 2. The van der Waals surface area contributed by atoms with E-state index in [0.717, 1.165) is 0 Å². The maximum atomic E-state index is 12.6. The van der Waals surface area contributed by atoms with E-state index in [9.17, 15) is 14.4 Å². The Labute approximate surface area is 179 Å². The third-order valence-electron chi connectivity index (χ3n) is 4.76. The summed E-state index contributed by atoms with van der Waals surface area (Å²) in [5.74, 6) is -0.596. The number of carbonyl (C=O) groups is 2. The van der Waals surface area contributed by atoms with Crippen molar-refractivity contribution in [2.24, 2.45) is 0 Å². The molecule has 1 heterocycles. The fraction of sp³-hybridized carbons (Fsp3) is 0.304. The van der Waals surface area contributed by atoms with Crippen LogP contribution in [0.25, 0.3) is 11.0 Å². The van der Waals surface area contributed by atoms with E-state index in [2.05, 4.69) is 10.3 Å². The van der Waals surface area contributed by atoms with Gasteiger partial charge in [-0.1, -0.05) is 12.1 Å². The molecule has 31 heavy (non-hydrogen) atoms. The SMILES string of the molecule is CCOc1ccccc1NC(=O)[C@@H](C)OC(=O)c1ccc2c(c1)nc(C)c(=O)n2CC. The van der Waals surface area contributed by atoms with Crippen molar-refractivity contribution in [1.29, 1.82) is 0 Å². The molecule has 8 nitrogen and oxygen atoms in total. The minimum atomic E-state index is -1.03. The molecule has 1 amide bonds. The maximum absolute atomic E-state index is 12.6. The fourth-order valence-corrected chi connectivity index (χ4v) is 3.18. The number of hydrogen-bond acceptors (Lipinski definition) is 6. The van der Waals surface area contributed by atoms with Gasteiger partial charge in [0.25, 0.3) is 11.5 Å². The molecule has 0 saturated heterocycles. The predicted octanol–water partition coefficient (Wildman–Crippen LogP) is 3.31. The third kappa shape index (κ3) is 4.74. The summed E-state index contributed by atoms with van der Waals surface area (Å²) in [7, 11) is 0. The van der Waals surface area contributed by atoms with Crippen LogP contribution in [-0.4, -0.2) is 34.1 Å². The molecule has 0 aliphatic heterocycles. The predicted molar refractivity (Wildman–Crippen MR) is 118 cm³/mol. The first-order valence-corrected chi connectivity index (χ1v) is 10.1.